The average molecular weight is 265 g/mol. The van der Waals surface area contributed by atoms with Crippen LogP contribution >= 0.6 is 11.8 Å². The van der Waals surface area contributed by atoms with E-state index in [-0.39, 0.29) is 0 Å². The number of rotatable bonds is 12. The van der Waals surface area contributed by atoms with Gasteiger partial charge in [-0.15, -0.1) is 0 Å². The Balaban J connectivity index is 3.30. The molecule has 0 aromatic rings. The molecular formula is C12H27NO3S. The van der Waals surface area contributed by atoms with E-state index in [9.17, 15) is 5.11 Å². The number of ether oxygens (including phenoxy) is 2. The van der Waals surface area contributed by atoms with E-state index in [1.807, 2.05) is 18.7 Å². The lowest BCUT2D eigenvalue weighted by atomic mass is 10.3. The maximum absolute atomic E-state index is 9.64. The smallest absolute Gasteiger partial charge is 0.0897 e. The molecule has 0 radical (unpaired) electrons. The summed E-state index contributed by atoms with van der Waals surface area (Å²) >= 11 is 1.90. The molecule has 104 valence electrons. The van der Waals surface area contributed by atoms with Gasteiger partial charge in [0.1, 0.15) is 0 Å². The van der Waals surface area contributed by atoms with Crippen molar-refractivity contribution >= 4 is 11.8 Å². The molecule has 0 spiro atoms. The fourth-order valence-electron chi connectivity index (χ4n) is 1.23. The lowest BCUT2D eigenvalue weighted by molar-refractivity contribution is 0.00605. The Kier molecular flexibility index (Phi) is 12.8. The minimum absolute atomic E-state index is 0.369. The minimum Gasteiger partial charge on any atom is -0.389 e. The predicted molar refractivity (Wildman–Crippen MR) is 73.8 cm³/mol. The van der Waals surface area contributed by atoms with Gasteiger partial charge in [-0.3, -0.25) is 0 Å². The molecule has 0 aliphatic rings. The van der Waals surface area contributed by atoms with Gasteiger partial charge in [-0.25, -0.2) is 0 Å². The topological polar surface area (TPSA) is 50.7 Å². The molecule has 5 heteroatoms. The van der Waals surface area contributed by atoms with Crippen LogP contribution < -0.4 is 5.32 Å². The van der Waals surface area contributed by atoms with Crippen molar-refractivity contribution in [1.29, 1.82) is 0 Å². The van der Waals surface area contributed by atoms with E-state index in [4.69, 9.17) is 9.47 Å². The molecule has 0 rings (SSSR count). The van der Waals surface area contributed by atoms with Gasteiger partial charge in [-0.05, 0) is 19.6 Å². The highest BCUT2D eigenvalue weighted by molar-refractivity contribution is 7.99. The molecule has 0 saturated carbocycles. The molecule has 0 saturated heterocycles. The summed E-state index contributed by atoms with van der Waals surface area (Å²) in [6.45, 7) is 9.04. The van der Waals surface area contributed by atoms with E-state index in [1.54, 1.807) is 0 Å². The summed E-state index contributed by atoms with van der Waals surface area (Å²) in [6.07, 6.45) is -0.439. The number of aliphatic hydroxyl groups is 1. The highest BCUT2D eigenvalue weighted by Crippen LogP contribution is 2.01. The third-order valence-electron chi connectivity index (χ3n) is 2.16. The van der Waals surface area contributed by atoms with Crippen LogP contribution in [0.2, 0.25) is 0 Å². The van der Waals surface area contributed by atoms with Crippen molar-refractivity contribution in [2.45, 2.75) is 32.9 Å². The Morgan fingerprint density at radius 1 is 1.24 bits per heavy atom. The van der Waals surface area contributed by atoms with Crippen molar-refractivity contribution in [2.24, 2.45) is 0 Å². The molecule has 0 aromatic carbocycles. The van der Waals surface area contributed by atoms with E-state index in [0.29, 0.717) is 39.0 Å². The lowest BCUT2D eigenvalue weighted by Gasteiger charge is -2.16. The van der Waals surface area contributed by atoms with Gasteiger partial charge in [0.2, 0.25) is 0 Å². The van der Waals surface area contributed by atoms with Crippen molar-refractivity contribution in [3.63, 3.8) is 0 Å². The van der Waals surface area contributed by atoms with Gasteiger partial charge in [0.05, 0.1) is 25.9 Å². The second-order valence-corrected chi connectivity index (χ2v) is 5.21. The van der Waals surface area contributed by atoms with Crippen LogP contribution in [0.15, 0.2) is 0 Å². The first-order chi connectivity index (χ1) is 8.20. The Morgan fingerprint density at radius 3 is 2.59 bits per heavy atom. The minimum atomic E-state index is -0.439. The summed E-state index contributed by atoms with van der Waals surface area (Å²) in [7, 11) is 0. The summed E-state index contributed by atoms with van der Waals surface area (Å²) in [5.41, 5.74) is 0. The quantitative estimate of drug-likeness (QED) is 0.518. The maximum atomic E-state index is 9.64. The van der Waals surface area contributed by atoms with Crippen LogP contribution in [0.25, 0.3) is 0 Å². The molecule has 2 unspecified atom stereocenters. The van der Waals surface area contributed by atoms with Crippen LogP contribution in [0.5, 0.6) is 0 Å². The molecule has 2 atom stereocenters. The Hall–Kier alpha value is 0.190. The van der Waals surface area contributed by atoms with Crippen molar-refractivity contribution < 1.29 is 14.6 Å². The van der Waals surface area contributed by atoms with Gasteiger partial charge in [0.15, 0.2) is 0 Å². The maximum Gasteiger partial charge on any atom is 0.0897 e. The second kappa shape index (κ2) is 12.6. The first-order valence-corrected chi connectivity index (χ1v) is 7.50. The Labute approximate surface area is 109 Å². The SMILES string of the molecule is CCOCCOCC(O)CNC(C)CSCC. The summed E-state index contributed by atoms with van der Waals surface area (Å²) in [6, 6.07) is 0.429. The van der Waals surface area contributed by atoms with Crippen LogP contribution in [0.3, 0.4) is 0 Å². The zero-order valence-corrected chi connectivity index (χ0v) is 12.1. The molecule has 0 fully saturated rings. The van der Waals surface area contributed by atoms with E-state index in [0.717, 1.165) is 11.5 Å². The zero-order chi connectivity index (χ0) is 12.9. The van der Waals surface area contributed by atoms with Crippen molar-refractivity contribution in [2.75, 3.05) is 44.5 Å². The molecule has 0 amide bonds. The summed E-state index contributed by atoms with van der Waals surface area (Å²) in [5, 5.41) is 12.9. The third-order valence-corrected chi connectivity index (χ3v) is 3.30. The van der Waals surface area contributed by atoms with Crippen molar-refractivity contribution in [3.8, 4) is 0 Å². The standard InChI is InChI=1S/C12H27NO3S/c1-4-15-6-7-16-9-12(14)8-13-11(3)10-17-5-2/h11-14H,4-10H2,1-3H3. The lowest BCUT2D eigenvalue weighted by Crippen LogP contribution is -2.37. The van der Waals surface area contributed by atoms with Crippen LogP contribution in [-0.4, -0.2) is 61.7 Å². The molecule has 0 aromatic heterocycles. The van der Waals surface area contributed by atoms with E-state index < -0.39 is 6.10 Å². The van der Waals surface area contributed by atoms with Crippen LogP contribution in [0.1, 0.15) is 20.8 Å². The Morgan fingerprint density at radius 2 is 1.94 bits per heavy atom. The van der Waals surface area contributed by atoms with Gasteiger partial charge in [0, 0.05) is 24.9 Å². The molecule has 0 bridgehead atoms. The predicted octanol–water partition coefficient (Wildman–Crippen LogP) is 1.13. The van der Waals surface area contributed by atoms with Gasteiger partial charge in [0.25, 0.3) is 0 Å². The zero-order valence-electron chi connectivity index (χ0n) is 11.3. The highest BCUT2D eigenvalue weighted by atomic mass is 32.2. The molecular weight excluding hydrogens is 238 g/mol. The third kappa shape index (κ3) is 12.4. The molecule has 17 heavy (non-hydrogen) atoms. The monoisotopic (exact) mass is 265 g/mol. The van der Waals surface area contributed by atoms with Gasteiger partial charge >= 0.3 is 0 Å². The fraction of sp³-hybridized carbons (Fsp3) is 1.00. The first-order valence-electron chi connectivity index (χ1n) is 6.35. The molecule has 0 heterocycles. The van der Waals surface area contributed by atoms with Gasteiger partial charge in [-0.2, -0.15) is 11.8 Å². The van der Waals surface area contributed by atoms with Crippen molar-refractivity contribution in [1.82, 2.24) is 5.32 Å². The van der Waals surface area contributed by atoms with Gasteiger partial charge < -0.3 is 19.9 Å². The van der Waals surface area contributed by atoms with E-state index in [1.165, 1.54) is 0 Å². The van der Waals surface area contributed by atoms with Gasteiger partial charge in [-0.1, -0.05) is 6.92 Å². The highest BCUT2D eigenvalue weighted by Gasteiger charge is 2.06. The first kappa shape index (κ1) is 17.2. The van der Waals surface area contributed by atoms with Crippen LogP contribution in [-0.2, 0) is 9.47 Å². The molecule has 2 N–H and O–H groups in total. The summed E-state index contributed by atoms with van der Waals surface area (Å²) in [4.78, 5) is 0. The summed E-state index contributed by atoms with van der Waals surface area (Å²) < 4.78 is 10.4. The number of aliphatic hydroxyl groups excluding tert-OH is 1. The van der Waals surface area contributed by atoms with Crippen LogP contribution in [0, 0.1) is 0 Å². The molecule has 0 aliphatic carbocycles. The number of hydrogen-bond acceptors (Lipinski definition) is 5. The van der Waals surface area contributed by atoms with E-state index in [2.05, 4.69) is 19.2 Å². The average Bonchev–Trinajstić information content (AvgIpc) is 2.33. The summed E-state index contributed by atoms with van der Waals surface area (Å²) in [5.74, 6) is 2.21. The van der Waals surface area contributed by atoms with Crippen molar-refractivity contribution in [3.05, 3.63) is 0 Å². The largest absolute Gasteiger partial charge is 0.389 e. The normalized spacial score (nSPS) is 14.8. The second-order valence-electron chi connectivity index (χ2n) is 3.89. The number of thioether (sulfide) groups is 1. The number of hydrogen-bond donors (Lipinski definition) is 2. The van der Waals surface area contributed by atoms with Crippen LogP contribution in [0.4, 0.5) is 0 Å². The molecule has 0 aliphatic heterocycles. The molecule has 4 nitrogen and oxygen atoms in total. The Bertz CT molecular complexity index is 161. The number of nitrogens with one attached hydrogen (secondary N) is 1. The van der Waals surface area contributed by atoms with E-state index >= 15 is 0 Å². The fourth-order valence-corrected chi connectivity index (χ4v) is 1.94.